The van der Waals surface area contributed by atoms with Crippen molar-refractivity contribution >= 4 is 52.6 Å². The maximum absolute atomic E-state index is 14.5. The smallest absolute Gasteiger partial charge is 0.335 e. The molecule has 6 unspecified atom stereocenters. The Bertz CT molecular complexity index is 1930. The van der Waals surface area contributed by atoms with Crippen LogP contribution in [0.5, 0.6) is 5.75 Å². The minimum absolute atomic E-state index is 0.0715. The van der Waals surface area contributed by atoms with E-state index in [1.54, 1.807) is 31.2 Å². The van der Waals surface area contributed by atoms with Gasteiger partial charge in [-0.3, -0.25) is 24.1 Å². The van der Waals surface area contributed by atoms with Crippen LogP contribution in [0.25, 0.3) is 0 Å². The van der Waals surface area contributed by atoms with Gasteiger partial charge in [-0.05, 0) is 79.8 Å². The van der Waals surface area contributed by atoms with E-state index < -0.39 is 70.4 Å². The quantitative estimate of drug-likeness (QED) is 0.264. The number of anilines is 2. The van der Waals surface area contributed by atoms with Crippen molar-refractivity contribution in [2.45, 2.75) is 25.7 Å². The number of fused-ring (bicyclic) bond motifs is 4. The molecule has 3 fully saturated rings. The van der Waals surface area contributed by atoms with Crippen LogP contribution in [0.4, 0.5) is 15.8 Å². The number of halogens is 2. The van der Waals surface area contributed by atoms with E-state index in [0.717, 1.165) is 21.4 Å². The molecular formula is C36H30ClFN2O8. The Morgan fingerprint density at radius 3 is 2.38 bits per heavy atom. The molecule has 2 saturated heterocycles. The van der Waals surface area contributed by atoms with Crippen LogP contribution < -0.4 is 14.5 Å². The van der Waals surface area contributed by atoms with E-state index in [1.165, 1.54) is 36.4 Å². The second-order valence-corrected chi connectivity index (χ2v) is 13.2. The Morgan fingerprint density at radius 2 is 1.69 bits per heavy atom. The Balaban J connectivity index is 1.33. The number of carboxylic acids is 1. The molecule has 2 heterocycles. The maximum Gasteiger partial charge on any atom is 0.335 e. The Morgan fingerprint density at radius 1 is 0.958 bits per heavy atom. The van der Waals surface area contributed by atoms with Crippen LogP contribution in [-0.2, 0) is 19.2 Å². The summed E-state index contributed by atoms with van der Waals surface area (Å²) in [5.74, 6) is -7.11. The summed E-state index contributed by atoms with van der Waals surface area (Å²) in [6.45, 7) is 1.65. The first-order valence-corrected chi connectivity index (χ1v) is 15.9. The highest BCUT2D eigenvalue weighted by Crippen LogP contribution is 2.63. The van der Waals surface area contributed by atoms with Crippen molar-refractivity contribution in [3.8, 4) is 5.75 Å². The minimum Gasteiger partial charge on any atom is -0.491 e. The molecule has 0 spiro atoms. The summed E-state index contributed by atoms with van der Waals surface area (Å²) < 4.78 is 19.7. The fraction of sp³-hybridized carbons (Fsp3) is 0.306. The third kappa shape index (κ3) is 4.67. The summed E-state index contributed by atoms with van der Waals surface area (Å²) in [5, 5.41) is 18.5. The zero-order chi connectivity index (χ0) is 34.1. The monoisotopic (exact) mass is 672 g/mol. The van der Waals surface area contributed by atoms with Crippen LogP contribution in [0.2, 0.25) is 5.02 Å². The number of hydrogen-bond donors (Lipinski definition) is 2. The summed E-state index contributed by atoms with van der Waals surface area (Å²) in [6, 6.07) is 16.3. The number of imide groups is 2. The predicted octanol–water partition coefficient (Wildman–Crippen LogP) is 4.98. The fourth-order valence-electron chi connectivity index (χ4n) is 8.22. The second kappa shape index (κ2) is 11.7. The number of allylic oxidation sites excluding steroid dienone is 2. The number of aromatic carboxylic acids is 1. The van der Waals surface area contributed by atoms with E-state index in [4.69, 9.17) is 16.3 Å². The minimum atomic E-state index is -1.32. The zero-order valence-corrected chi connectivity index (χ0v) is 26.4. The first kappa shape index (κ1) is 31.7. The molecule has 6 atom stereocenters. The molecule has 3 aromatic carbocycles. The van der Waals surface area contributed by atoms with E-state index in [0.29, 0.717) is 11.3 Å². The van der Waals surface area contributed by atoms with Gasteiger partial charge in [-0.15, -0.1) is 0 Å². The number of carbonyl (C=O) groups excluding carboxylic acids is 4. The summed E-state index contributed by atoms with van der Waals surface area (Å²) in [6.07, 6.45) is 2.23. The van der Waals surface area contributed by atoms with E-state index in [2.05, 4.69) is 0 Å². The van der Waals surface area contributed by atoms with Gasteiger partial charge in [0.15, 0.2) is 0 Å². The number of aliphatic hydroxyl groups is 1. The molecule has 10 nitrogen and oxygen atoms in total. The van der Waals surface area contributed by atoms with Gasteiger partial charge in [-0.2, -0.15) is 0 Å². The maximum atomic E-state index is 14.5. The number of benzene rings is 3. The van der Waals surface area contributed by atoms with Crippen LogP contribution in [-0.4, -0.2) is 53.0 Å². The molecule has 3 aromatic rings. The first-order chi connectivity index (χ1) is 23.0. The van der Waals surface area contributed by atoms with Crippen LogP contribution in [0.3, 0.4) is 0 Å². The zero-order valence-electron chi connectivity index (χ0n) is 25.6. The summed E-state index contributed by atoms with van der Waals surface area (Å²) in [4.78, 5) is 70.6. The van der Waals surface area contributed by atoms with Gasteiger partial charge >= 0.3 is 5.97 Å². The van der Waals surface area contributed by atoms with E-state index >= 15 is 0 Å². The highest BCUT2D eigenvalue weighted by molar-refractivity contribution is 6.32. The average Bonchev–Trinajstić information content (AvgIpc) is 3.44. The Kier molecular flexibility index (Phi) is 7.71. The van der Waals surface area contributed by atoms with Crippen molar-refractivity contribution in [2.24, 2.45) is 29.1 Å². The molecule has 0 bridgehead atoms. The van der Waals surface area contributed by atoms with Crippen molar-refractivity contribution in [1.82, 2.24) is 0 Å². The van der Waals surface area contributed by atoms with Gasteiger partial charge in [0.2, 0.25) is 23.6 Å². The molecular weight excluding hydrogens is 643 g/mol. The summed E-state index contributed by atoms with van der Waals surface area (Å²) >= 11 is 6.06. The summed E-state index contributed by atoms with van der Waals surface area (Å²) in [7, 11) is 0. The summed E-state index contributed by atoms with van der Waals surface area (Å²) in [5.41, 5.74) is 0.352. The molecule has 4 amide bonds. The number of carboxylic acid groups (broad SMARTS) is 1. The van der Waals surface area contributed by atoms with E-state index in [9.17, 15) is 38.6 Å². The molecule has 7 rings (SSSR count). The third-order valence-corrected chi connectivity index (χ3v) is 10.7. The number of nitrogens with zero attached hydrogens (tertiary/aromatic N) is 2. The van der Waals surface area contributed by atoms with Crippen LogP contribution in [0.15, 0.2) is 78.4 Å². The van der Waals surface area contributed by atoms with Gasteiger partial charge in [0.05, 0.1) is 51.7 Å². The van der Waals surface area contributed by atoms with Gasteiger partial charge in [0, 0.05) is 5.92 Å². The molecule has 1 saturated carbocycles. The normalized spacial score (nSPS) is 27.8. The number of carbonyl (C=O) groups is 5. The van der Waals surface area contributed by atoms with Crippen molar-refractivity contribution < 1.29 is 43.3 Å². The molecule has 12 heteroatoms. The molecule has 0 aromatic heterocycles. The Labute approximate surface area is 279 Å². The number of ether oxygens (including phenoxy) is 1. The van der Waals surface area contributed by atoms with Gasteiger partial charge in [0.25, 0.3) is 0 Å². The standard InChI is InChI=1S/C36H30ClFN2O8/c1-36-26(32(43)40(35(36)47)21-7-12-28(38)27(37)16-21)17-25-23(30(36)18-5-8-22(9-6-18)48-14-13-41)10-11-24-29(25)33(44)39(31(24)42)20-4-2-3-19(15-20)34(45)46/h2-10,12,15-16,24-26,29-30,41H,11,13-14,17H2,1H3,(H,45,46). The fourth-order valence-corrected chi connectivity index (χ4v) is 8.39. The van der Waals surface area contributed by atoms with Gasteiger partial charge < -0.3 is 14.9 Å². The molecule has 0 radical (unpaired) electrons. The molecule has 48 heavy (non-hydrogen) atoms. The van der Waals surface area contributed by atoms with Crippen LogP contribution >= 0.6 is 11.6 Å². The van der Waals surface area contributed by atoms with Crippen LogP contribution in [0.1, 0.15) is 41.6 Å². The van der Waals surface area contributed by atoms with Crippen molar-refractivity contribution in [3.05, 3.63) is 100 Å². The number of hydrogen-bond acceptors (Lipinski definition) is 7. The SMILES string of the molecule is CC12C(=O)N(c3ccc(F)c(Cl)c3)C(=O)C1CC1C(=CCC3C(=O)N(c4cccc(C(=O)O)c4)C(=O)C31)C2c1ccc(OCCO)cc1. The van der Waals surface area contributed by atoms with Gasteiger partial charge in [0.1, 0.15) is 18.2 Å². The highest BCUT2D eigenvalue weighted by atomic mass is 35.5. The highest BCUT2D eigenvalue weighted by Gasteiger charge is 2.67. The number of rotatable bonds is 7. The third-order valence-electron chi connectivity index (χ3n) is 10.4. The largest absolute Gasteiger partial charge is 0.491 e. The lowest BCUT2D eigenvalue weighted by molar-refractivity contribution is -0.131. The van der Waals surface area contributed by atoms with Crippen molar-refractivity contribution in [1.29, 1.82) is 0 Å². The topological polar surface area (TPSA) is 142 Å². The average molecular weight is 673 g/mol. The van der Waals surface area contributed by atoms with Gasteiger partial charge in [-0.1, -0.05) is 41.4 Å². The lowest BCUT2D eigenvalue weighted by atomic mass is 9.51. The Hall–Kier alpha value is -4.87. The second-order valence-electron chi connectivity index (χ2n) is 12.8. The van der Waals surface area contributed by atoms with Crippen LogP contribution in [0, 0.1) is 34.9 Å². The lowest BCUT2D eigenvalue weighted by Crippen LogP contribution is -2.48. The number of aliphatic hydroxyl groups excluding tert-OH is 1. The predicted molar refractivity (Wildman–Crippen MR) is 171 cm³/mol. The van der Waals surface area contributed by atoms with Crippen molar-refractivity contribution in [2.75, 3.05) is 23.0 Å². The van der Waals surface area contributed by atoms with Crippen molar-refractivity contribution in [3.63, 3.8) is 0 Å². The first-order valence-electron chi connectivity index (χ1n) is 15.6. The van der Waals surface area contributed by atoms with E-state index in [1.807, 2.05) is 6.08 Å². The van der Waals surface area contributed by atoms with E-state index in [-0.39, 0.29) is 48.0 Å². The lowest BCUT2D eigenvalue weighted by Gasteiger charge is -2.49. The number of amides is 4. The molecule has 246 valence electrons. The molecule has 2 aliphatic heterocycles. The molecule has 2 N–H and O–H groups in total. The molecule has 4 aliphatic rings. The van der Waals surface area contributed by atoms with Gasteiger partial charge in [-0.25, -0.2) is 14.1 Å². The molecule has 2 aliphatic carbocycles.